The van der Waals surface area contributed by atoms with E-state index in [9.17, 15) is 13.2 Å². The summed E-state index contributed by atoms with van der Waals surface area (Å²) in [7, 11) is 0. The van der Waals surface area contributed by atoms with E-state index in [1.54, 1.807) is 12.1 Å². The van der Waals surface area contributed by atoms with Crippen LogP contribution in [-0.2, 0) is 4.74 Å². The summed E-state index contributed by atoms with van der Waals surface area (Å²) < 4.78 is 45.3. The fourth-order valence-electron chi connectivity index (χ4n) is 1.66. The largest absolute Gasteiger partial charge is 0.573 e. The summed E-state index contributed by atoms with van der Waals surface area (Å²) in [5.74, 6) is -0.220. The van der Waals surface area contributed by atoms with Crippen LogP contribution in [0, 0.1) is 0 Å². The van der Waals surface area contributed by atoms with Crippen molar-refractivity contribution in [1.29, 1.82) is 0 Å². The van der Waals surface area contributed by atoms with Gasteiger partial charge in [0.25, 0.3) is 0 Å². The lowest BCUT2D eigenvalue weighted by atomic mass is 10.1. The van der Waals surface area contributed by atoms with Gasteiger partial charge in [-0.2, -0.15) is 0 Å². The predicted molar refractivity (Wildman–Crippen MR) is 66.0 cm³/mol. The number of alkyl halides is 3. The minimum atomic E-state index is -4.66. The van der Waals surface area contributed by atoms with E-state index >= 15 is 0 Å². The third-order valence-electron chi connectivity index (χ3n) is 2.46. The SMILES string of the molecule is CCNC(COCC)c1ccc(OC(F)(F)F)cc1. The van der Waals surface area contributed by atoms with E-state index in [1.165, 1.54) is 12.1 Å². The summed E-state index contributed by atoms with van der Waals surface area (Å²) >= 11 is 0. The summed E-state index contributed by atoms with van der Waals surface area (Å²) in [5.41, 5.74) is 0.866. The lowest BCUT2D eigenvalue weighted by Crippen LogP contribution is -2.25. The second kappa shape index (κ2) is 7.35. The zero-order valence-electron chi connectivity index (χ0n) is 11.0. The Morgan fingerprint density at radius 1 is 1.16 bits per heavy atom. The highest BCUT2D eigenvalue weighted by molar-refractivity contribution is 5.29. The van der Waals surface area contributed by atoms with Crippen molar-refractivity contribution in [2.75, 3.05) is 19.8 Å². The maximum Gasteiger partial charge on any atom is 0.573 e. The Bertz CT molecular complexity index is 365. The van der Waals surface area contributed by atoms with Crippen LogP contribution in [0.1, 0.15) is 25.5 Å². The number of hydrogen-bond donors (Lipinski definition) is 1. The van der Waals surface area contributed by atoms with E-state index in [1.807, 2.05) is 13.8 Å². The van der Waals surface area contributed by atoms with Crippen LogP contribution in [0.15, 0.2) is 24.3 Å². The Kier molecular flexibility index (Phi) is 6.11. The standard InChI is InChI=1S/C13H18F3NO2/c1-3-17-12(9-18-4-2)10-5-7-11(8-6-10)19-13(14,15)16/h5-8,12,17H,3-4,9H2,1-2H3. The van der Waals surface area contributed by atoms with Crippen molar-refractivity contribution >= 4 is 0 Å². The van der Waals surface area contributed by atoms with Crippen LogP contribution in [0.3, 0.4) is 0 Å². The molecule has 1 aromatic rings. The van der Waals surface area contributed by atoms with Crippen molar-refractivity contribution in [1.82, 2.24) is 5.32 Å². The molecule has 3 nitrogen and oxygen atoms in total. The van der Waals surface area contributed by atoms with Gasteiger partial charge in [0.1, 0.15) is 5.75 Å². The Morgan fingerprint density at radius 2 is 1.79 bits per heavy atom. The third kappa shape index (κ3) is 5.94. The fourth-order valence-corrected chi connectivity index (χ4v) is 1.66. The zero-order chi connectivity index (χ0) is 14.3. The van der Waals surface area contributed by atoms with Gasteiger partial charge in [-0.1, -0.05) is 19.1 Å². The monoisotopic (exact) mass is 277 g/mol. The highest BCUT2D eigenvalue weighted by atomic mass is 19.4. The Hall–Kier alpha value is -1.27. The molecule has 1 atom stereocenters. The highest BCUT2D eigenvalue weighted by Gasteiger charge is 2.31. The number of ether oxygens (including phenoxy) is 2. The first-order valence-corrected chi connectivity index (χ1v) is 6.13. The van der Waals surface area contributed by atoms with Crippen LogP contribution in [-0.4, -0.2) is 26.1 Å². The first-order valence-electron chi connectivity index (χ1n) is 6.13. The summed E-state index contributed by atoms with van der Waals surface area (Å²) in [6.45, 7) is 5.67. The second-order valence-electron chi connectivity index (χ2n) is 3.89. The van der Waals surface area contributed by atoms with Crippen LogP contribution in [0.25, 0.3) is 0 Å². The molecule has 0 aliphatic heterocycles. The van der Waals surface area contributed by atoms with E-state index in [4.69, 9.17) is 4.74 Å². The molecule has 0 saturated carbocycles. The van der Waals surface area contributed by atoms with Gasteiger partial charge in [0, 0.05) is 6.61 Å². The van der Waals surface area contributed by atoms with Gasteiger partial charge >= 0.3 is 6.36 Å². The first kappa shape index (κ1) is 15.8. The molecule has 19 heavy (non-hydrogen) atoms. The number of nitrogens with one attached hydrogen (secondary N) is 1. The maximum atomic E-state index is 12.0. The number of hydrogen-bond acceptors (Lipinski definition) is 3. The maximum absolute atomic E-state index is 12.0. The van der Waals surface area contributed by atoms with Crippen molar-refractivity contribution in [3.63, 3.8) is 0 Å². The molecule has 0 aromatic heterocycles. The summed E-state index contributed by atoms with van der Waals surface area (Å²) in [4.78, 5) is 0. The molecule has 0 fully saturated rings. The van der Waals surface area contributed by atoms with Crippen LogP contribution in [0.2, 0.25) is 0 Å². The summed E-state index contributed by atoms with van der Waals surface area (Å²) in [5, 5.41) is 3.21. The Morgan fingerprint density at radius 3 is 2.26 bits per heavy atom. The molecule has 108 valence electrons. The minimum Gasteiger partial charge on any atom is -0.406 e. The lowest BCUT2D eigenvalue weighted by Gasteiger charge is -2.18. The number of likely N-dealkylation sites (N-methyl/N-ethyl adjacent to an activating group) is 1. The van der Waals surface area contributed by atoms with E-state index in [-0.39, 0.29) is 11.8 Å². The van der Waals surface area contributed by atoms with Crippen molar-refractivity contribution in [2.24, 2.45) is 0 Å². The van der Waals surface area contributed by atoms with Gasteiger partial charge in [0.05, 0.1) is 12.6 Å². The van der Waals surface area contributed by atoms with Crippen LogP contribution >= 0.6 is 0 Å². The molecule has 1 rings (SSSR count). The number of rotatable bonds is 7. The zero-order valence-corrected chi connectivity index (χ0v) is 11.0. The van der Waals surface area contributed by atoms with E-state index in [2.05, 4.69) is 10.1 Å². The van der Waals surface area contributed by atoms with Crippen LogP contribution < -0.4 is 10.1 Å². The molecule has 6 heteroatoms. The average molecular weight is 277 g/mol. The van der Waals surface area contributed by atoms with E-state index < -0.39 is 6.36 Å². The van der Waals surface area contributed by atoms with Gasteiger partial charge in [0.15, 0.2) is 0 Å². The molecule has 0 amide bonds. The van der Waals surface area contributed by atoms with Crippen molar-refractivity contribution in [2.45, 2.75) is 26.3 Å². The van der Waals surface area contributed by atoms with Gasteiger partial charge in [-0.25, -0.2) is 0 Å². The molecular weight excluding hydrogens is 259 g/mol. The quantitative estimate of drug-likeness (QED) is 0.829. The topological polar surface area (TPSA) is 30.5 Å². The normalized spacial score (nSPS) is 13.3. The minimum absolute atomic E-state index is 0.0371. The van der Waals surface area contributed by atoms with Gasteiger partial charge in [-0.05, 0) is 31.2 Å². The van der Waals surface area contributed by atoms with Gasteiger partial charge in [-0.3, -0.25) is 0 Å². The number of halogens is 3. The molecule has 0 aliphatic rings. The molecule has 1 unspecified atom stereocenters. The Labute approximate surface area is 110 Å². The van der Waals surface area contributed by atoms with E-state index in [0.29, 0.717) is 13.2 Å². The van der Waals surface area contributed by atoms with Crippen molar-refractivity contribution < 1.29 is 22.6 Å². The van der Waals surface area contributed by atoms with Gasteiger partial charge in [0.2, 0.25) is 0 Å². The van der Waals surface area contributed by atoms with Crippen LogP contribution in [0.5, 0.6) is 5.75 Å². The second-order valence-corrected chi connectivity index (χ2v) is 3.89. The highest BCUT2D eigenvalue weighted by Crippen LogP contribution is 2.24. The smallest absolute Gasteiger partial charge is 0.406 e. The van der Waals surface area contributed by atoms with Crippen molar-refractivity contribution in [3.8, 4) is 5.75 Å². The number of benzene rings is 1. The summed E-state index contributed by atoms with van der Waals surface area (Å²) in [6, 6.07) is 5.78. The van der Waals surface area contributed by atoms with Crippen LogP contribution in [0.4, 0.5) is 13.2 Å². The predicted octanol–water partition coefficient (Wildman–Crippen LogP) is 3.27. The molecule has 0 radical (unpaired) electrons. The summed E-state index contributed by atoms with van der Waals surface area (Å²) in [6.07, 6.45) is -4.66. The third-order valence-corrected chi connectivity index (χ3v) is 2.46. The molecule has 1 N–H and O–H groups in total. The lowest BCUT2D eigenvalue weighted by molar-refractivity contribution is -0.274. The molecule has 0 bridgehead atoms. The first-order chi connectivity index (χ1) is 8.96. The molecule has 0 spiro atoms. The van der Waals surface area contributed by atoms with E-state index in [0.717, 1.165) is 12.1 Å². The molecule has 0 heterocycles. The molecular formula is C13H18F3NO2. The molecule has 0 saturated heterocycles. The average Bonchev–Trinajstić information content (AvgIpc) is 2.34. The molecule has 0 aliphatic carbocycles. The Balaban J connectivity index is 2.71. The fraction of sp³-hybridized carbons (Fsp3) is 0.538. The van der Waals surface area contributed by atoms with Gasteiger partial charge in [-0.15, -0.1) is 13.2 Å². The van der Waals surface area contributed by atoms with Crippen molar-refractivity contribution in [3.05, 3.63) is 29.8 Å². The van der Waals surface area contributed by atoms with Gasteiger partial charge < -0.3 is 14.8 Å². The molecule has 1 aromatic carbocycles.